The number of thiazole rings is 1. The number of anilines is 2. The van der Waals surface area contributed by atoms with E-state index in [1.54, 1.807) is 41.8 Å². The van der Waals surface area contributed by atoms with Gasteiger partial charge in [-0.2, -0.15) is 0 Å². The summed E-state index contributed by atoms with van der Waals surface area (Å²) < 4.78 is 0. The molecule has 3 N–H and O–H groups in total. The van der Waals surface area contributed by atoms with E-state index in [-0.39, 0.29) is 11.9 Å². The van der Waals surface area contributed by atoms with E-state index in [0.717, 1.165) is 15.4 Å². The van der Waals surface area contributed by atoms with Crippen LogP contribution < -0.4 is 16.0 Å². The lowest BCUT2D eigenvalue weighted by atomic mass is 10.1. The van der Waals surface area contributed by atoms with E-state index in [2.05, 4.69) is 20.9 Å². The quantitative estimate of drug-likeness (QED) is 0.616. The summed E-state index contributed by atoms with van der Waals surface area (Å²) in [4.78, 5) is 29.6. The highest BCUT2D eigenvalue weighted by atomic mass is 32.1. The predicted octanol–water partition coefficient (Wildman–Crippen LogP) is 4.33. The highest BCUT2D eigenvalue weighted by Gasteiger charge is 2.09. The molecule has 0 saturated heterocycles. The summed E-state index contributed by atoms with van der Waals surface area (Å²) in [6.07, 6.45) is 1.76. The summed E-state index contributed by atoms with van der Waals surface area (Å²) in [6.45, 7) is 4.23. The Hall–Kier alpha value is -3.19. The average Bonchev–Trinajstić information content (AvgIpc) is 3.09. The largest absolute Gasteiger partial charge is 0.333 e. The number of carbonyl (C=O) groups is 2. The van der Waals surface area contributed by atoms with Gasteiger partial charge in [0.1, 0.15) is 0 Å². The summed E-state index contributed by atoms with van der Waals surface area (Å²) >= 11 is 1.55. The van der Waals surface area contributed by atoms with Gasteiger partial charge in [-0.3, -0.25) is 4.79 Å². The van der Waals surface area contributed by atoms with Crippen LogP contribution in [0.5, 0.6) is 0 Å². The first kappa shape index (κ1) is 18.6. The van der Waals surface area contributed by atoms with Gasteiger partial charge in [-0.25, -0.2) is 9.78 Å². The summed E-state index contributed by atoms with van der Waals surface area (Å²) in [6, 6.07) is 14.1. The maximum atomic E-state index is 12.3. The van der Waals surface area contributed by atoms with Gasteiger partial charge in [0.25, 0.3) is 5.91 Å². The van der Waals surface area contributed by atoms with Gasteiger partial charge in [-0.15, -0.1) is 11.3 Å². The van der Waals surface area contributed by atoms with Gasteiger partial charge in [0.15, 0.2) is 0 Å². The lowest BCUT2D eigenvalue weighted by Crippen LogP contribution is -2.28. The number of aryl methyl sites for hydroxylation is 2. The van der Waals surface area contributed by atoms with Gasteiger partial charge < -0.3 is 16.0 Å². The molecule has 0 fully saturated rings. The van der Waals surface area contributed by atoms with Crippen molar-refractivity contribution >= 4 is 34.6 Å². The SMILES string of the molecule is Cc1ncc(CNC(=O)Nc2cc(NC(=O)c3ccccc3)ccc2C)s1. The van der Waals surface area contributed by atoms with E-state index in [4.69, 9.17) is 0 Å². The van der Waals surface area contributed by atoms with Crippen LogP contribution in [0.25, 0.3) is 0 Å². The number of hydrogen-bond donors (Lipinski definition) is 3. The molecule has 0 aliphatic heterocycles. The molecule has 0 aliphatic rings. The van der Waals surface area contributed by atoms with E-state index >= 15 is 0 Å². The summed E-state index contributed by atoms with van der Waals surface area (Å²) in [5.41, 5.74) is 2.73. The van der Waals surface area contributed by atoms with Gasteiger partial charge in [0, 0.05) is 28.0 Å². The molecule has 7 heteroatoms. The average molecular weight is 380 g/mol. The van der Waals surface area contributed by atoms with Crippen molar-refractivity contribution in [2.75, 3.05) is 10.6 Å². The highest BCUT2D eigenvalue weighted by Crippen LogP contribution is 2.21. The first-order valence-corrected chi connectivity index (χ1v) is 9.26. The second-order valence-electron chi connectivity index (χ2n) is 6.00. The summed E-state index contributed by atoms with van der Waals surface area (Å²) in [5.74, 6) is -0.199. The molecule has 0 saturated carbocycles. The second-order valence-corrected chi connectivity index (χ2v) is 7.32. The minimum Gasteiger partial charge on any atom is -0.333 e. The predicted molar refractivity (Wildman–Crippen MR) is 108 cm³/mol. The zero-order valence-electron chi connectivity index (χ0n) is 15.1. The third kappa shape index (κ3) is 5.15. The van der Waals surface area contributed by atoms with Crippen molar-refractivity contribution in [2.45, 2.75) is 20.4 Å². The van der Waals surface area contributed by atoms with Crippen molar-refractivity contribution in [1.29, 1.82) is 0 Å². The number of benzene rings is 2. The zero-order chi connectivity index (χ0) is 19.2. The molecule has 6 nitrogen and oxygen atoms in total. The molecule has 27 heavy (non-hydrogen) atoms. The fourth-order valence-corrected chi connectivity index (χ4v) is 3.18. The van der Waals surface area contributed by atoms with Gasteiger partial charge in [-0.05, 0) is 43.7 Å². The van der Waals surface area contributed by atoms with E-state index in [1.807, 2.05) is 38.1 Å². The van der Waals surface area contributed by atoms with Crippen molar-refractivity contribution in [3.8, 4) is 0 Å². The lowest BCUT2D eigenvalue weighted by Gasteiger charge is -2.12. The molecule has 0 atom stereocenters. The van der Waals surface area contributed by atoms with Crippen molar-refractivity contribution in [3.05, 3.63) is 75.7 Å². The normalized spacial score (nSPS) is 10.3. The second kappa shape index (κ2) is 8.46. The van der Waals surface area contributed by atoms with Crippen LogP contribution in [0, 0.1) is 13.8 Å². The summed E-state index contributed by atoms with van der Waals surface area (Å²) in [5, 5.41) is 9.44. The number of nitrogens with zero attached hydrogens (tertiary/aromatic N) is 1. The maximum absolute atomic E-state index is 12.3. The van der Waals surface area contributed by atoms with Crippen LogP contribution in [0.1, 0.15) is 25.8 Å². The van der Waals surface area contributed by atoms with Crippen molar-refractivity contribution in [3.63, 3.8) is 0 Å². The third-order valence-corrected chi connectivity index (χ3v) is 4.78. The molecule has 2 aromatic carbocycles. The van der Waals surface area contributed by atoms with Gasteiger partial charge in [0.05, 0.1) is 11.6 Å². The number of urea groups is 1. The lowest BCUT2D eigenvalue weighted by molar-refractivity contribution is 0.102. The van der Waals surface area contributed by atoms with Crippen LogP contribution in [-0.2, 0) is 6.54 Å². The van der Waals surface area contributed by atoms with Crippen LogP contribution in [-0.4, -0.2) is 16.9 Å². The number of hydrogen-bond acceptors (Lipinski definition) is 4. The maximum Gasteiger partial charge on any atom is 0.319 e. The van der Waals surface area contributed by atoms with E-state index in [0.29, 0.717) is 23.5 Å². The topological polar surface area (TPSA) is 83.1 Å². The van der Waals surface area contributed by atoms with E-state index in [1.165, 1.54) is 0 Å². The van der Waals surface area contributed by atoms with E-state index in [9.17, 15) is 9.59 Å². The van der Waals surface area contributed by atoms with Crippen LogP contribution in [0.3, 0.4) is 0 Å². The molecule has 1 heterocycles. The number of nitrogens with one attached hydrogen (secondary N) is 3. The van der Waals surface area contributed by atoms with Crippen LogP contribution in [0.15, 0.2) is 54.7 Å². The molecule has 3 rings (SSSR count). The van der Waals surface area contributed by atoms with Crippen molar-refractivity contribution in [2.24, 2.45) is 0 Å². The zero-order valence-corrected chi connectivity index (χ0v) is 15.9. The Kier molecular flexibility index (Phi) is 5.83. The molecule has 0 unspecified atom stereocenters. The molecular formula is C20H20N4O2S. The monoisotopic (exact) mass is 380 g/mol. The van der Waals surface area contributed by atoms with Gasteiger partial charge >= 0.3 is 6.03 Å². The Labute approximate surface area is 161 Å². The number of carbonyl (C=O) groups excluding carboxylic acids is 2. The van der Waals surface area contributed by atoms with Crippen molar-refractivity contribution < 1.29 is 9.59 Å². The molecule has 3 aromatic rings. The molecule has 138 valence electrons. The van der Waals surface area contributed by atoms with Crippen LogP contribution in [0.4, 0.5) is 16.2 Å². The number of amides is 3. The molecular weight excluding hydrogens is 360 g/mol. The third-order valence-electron chi connectivity index (χ3n) is 3.87. The molecule has 3 amide bonds. The Morgan fingerprint density at radius 1 is 1.04 bits per heavy atom. The van der Waals surface area contributed by atoms with Crippen LogP contribution >= 0.6 is 11.3 Å². The first-order chi connectivity index (χ1) is 13.0. The smallest absolute Gasteiger partial charge is 0.319 e. The first-order valence-electron chi connectivity index (χ1n) is 8.44. The van der Waals surface area contributed by atoms with Gasteiger partial charge in [0.2, 0.25) is 0 Å². The summed E-state index contributed by atoms with van der Waals surface area (Å²) in [7, 11) is 0. The number of rotatable bonds is 5. The van der Waals surface area contributed by atoms with Gasteiger partial charge in [-0.1, -0.05) is 24.3 Å². The minimum atomic E-state index is -0.310. The van der Waals surface area contributed by atoms with E-state index < -0.39 is 0 Å². The fourth-order valence-electron chi connectivity index (χ4n) is 2.45. The number of aromatic nitrogens is 1. The minimum absolute atomic E-state index is 0.199. The molecule has 1 aromatic heterocycles. The Balaban J connectivity index is 1.62. The molecule has 0 aliphatic carbocycles. The van der Waals surface area contributed by atoms with Crippen LogP contribution in [0.2, 0.25) is 0 Å². The standard InChI is InChI=1S/C20H20N4O2S/c1-13-8-9-16(23-19(25)15-6-4-3-5-7-15)10-18(13)24-20(26)22-12-17-11-21-14(2)27-17/h3-11H,12H2,1-2H3,(H,23,25)(H2,22,24,26). The fraction of sp³-hybridized carbons (Fsp3) is 0.150. The Morgan fingerprint density at radius 3 is 2.52 bits per heavy atom. The Bertz CT molecular complexity index is 954. The highest BCUT2D eigenvalue weighted by molar-refractivity contribution is 7.11. The molecule has 0 radical (unpaired) electrons. The Morgan fingerprint density at radius 2 is 1.81 bits per heavy atom. The van der Waals surface area contributed by atoms with Crippen molar-refractivity contribution in [1.82, 2.24) is 10.3 Å². The molecule has 0 spiro atoms. The molecule has 0 bridgehead atoms.